The molecular weight excluding hydrogens is 586 g/mol. The summed E-state index contributed by atoms with van der Waals surface area (Å²) in [6, 6.07) is 22.5. The molecular formula is C37H39NO8. The van der Waals surface area contributed by atoms with Crippen LogP contribution in [0.3, 0.4) is 0 Å². The van der Waals surface area contributed by atoms with E-state index in [1.54, 1.807) is 46.1 Å². The zero-order chi connectivity index (χ0) is 32.8. The Morgan fingerprint density at radius 3 is 2.22 bits per heavy atom. The number of carbonyl (C=O) groups is 3. The van der Waals surface area contributed by atoms with E-state index in [1.165, 1.54) is 7.11 Å². The van der Waals surface area contributed by atoms with Gasteiger partial charge in [-0.25, -0.2) is 4.79 Å². The number of hydrogen-bond donors (Lipinski definition) is 0. The summed E-state index contributed by atoms with van der Waals surface area (Å²) in [5.74, 6) is -3.45. The van der Waals surface area contributed by atoms with Crippen molar-refractivity contribution < 1.29 is 38.1 Å². The van der Waals surface area contributed by atoms with Crippen molar-refractivity contribution in [3.05, 3.63) is 101 Å². The van der Waals surface area contributed by atoms with E-state index in [0.29, 0.717) is 52.8 Å². The molecule has 0 amide bonds. The number of esters is 2. The van der Waals surface area contributed by atoms with E-state index in [2.05, 4.69) is 0 Å². The van der Waals surface area contributed by atoms with Crippen LogP contribution in [0, 0.1) is 11.8 Å². The monoisotopic (exact) mass is 625 g/mol. The molecule has 0 radical (unpaired) electrons. The minimum absolute atomic E-state index is 0.116. The lowest BCUT2D eigenvalue weighted by Gasteiger charge is -2.41. The van der Waals surface area contributed by atoms with E-state index < -0.39 is 35.6 Å². The standard InChI is InChI=1S/C37H39NO8/c1-6-44-36(40)31-22(3)38-27-20-26(25-15-11-12-16-28(25)42-4)33(37(41)45-7-2)35(39)34(27)32(31)24-17-18-29(30(19-24)43-5)46-21-23-13-9-8-10-14-23/h8-19,26,32-34H,6-7,20-21H2,1-5H3. The van der Waals surface area contributed by atoms with Gasteiger partial charge in [-0.2, -0.15) is 0 Å². The van der Waals surface area contributed by atoms with Crippen LogP contribution in [0.4, 0.5) is 0 Å². The van der Waals surface area contributed by atoms with Crippen LogP contribution in [0.2, 0.25) is 0 Å². The minimum atomic E-state index is -1.14. The van der Waals surface area contributed by atoms with Crippen LogP contribution in [0.5, 0.6) is 17.2 Å². The van der Waals surface area contributed by atoms with Gasteiger partial charge in [-0.3, -0.25) is 14.6 Å². The third kappa shape index (κ3) is 6.40. The van der Waals surface area contributed by atoms with Gasteiger partial charge in [-0.1, -0.05) is 54.6 Å². The van der Waals surface area contributed by atoms with Crippen molar-refractivity contribution in [2.75, 3.05) is 27.4 Å². The number of carbonyl (C=O) groups excluding carboxylic acids is 3. The molecule has 4 atom stereocenters. The minimum Gasteiger partial charge on any atom is -0.496 e. The highest BCUT2D eigenvalue weighted by molar-refractivity contribution is 6.18. The van der Waals surface area contributed by atoms with Gasteiger partial charge in [0.1, 0.15) is 18.3 Å². The van der Waals surface area contributed by atoms with Crippen molar-refractivity contribution >= 4 is 23.4 Å². The van der Waals surface area contributed by atoms with Crippen molar-refractivity contribution in [2.24, 2.45) is 16.8 Å². The van der Waals surface area contributed by atoms with Crippen molar-refractivity contribution in [3.63, 3.8) is 0 Å². The van der Waals surface area contributed by atoms with Crippen LogP contribution in [-0.4, -0.2) is 50.9 Å². The molecule has 0 spiro atoms. The lowest BCUT2D eigenvalue weighted by atomic mass is 9.62. The summed E-state index contributed by atoms with van der Waals surface area (Å²) in [6.07, 6.45) is 0.291. The Kier molecular flexibility index (Phi) is 10.2. The molecule has 0 aromatic heterocycles. The first-order valence-electron chi connectivity index (χ1n) is 15.5. The van der Waals surface area contributed by atoms with E-state index in [9.17, 15) is 14.4 Å². The molecule has 9 nitrogen and oxygen atoms in total. The van der Waals surface area contributed by atoms with E-state index in [1.807, 2.05) is 54.6 Å². The van der Waals surface area contributed by atoms with Crippen LogP contribution in [0.15, 0.2) is 89.1 Å². The summed E-state index contributed by atoms with van der Waals surface area (Å²) in [6.45, 7) is 5.77. The second kappa shape index (κ2) is 14.5. The highest BCUT2D eigenvalue weighted by Crippen LogP contribution is 2.50. The highest BCUT2D eigenvalue weighted by atomic mass is 16.5. The summed E-state index contributed by atoms with van der Waals surface area (Å²) in [7, 11) is 3.09. The number of ketones is 1. The number of rotatable bonds is 11. The van der Waals surface area contributed by atoms with Crippen LogP contribution in [0.25, 0.3) is 0 Å². The Hall–Kier alpha value is -4.92. The zero-order valence-electron chi connectivity index (χ0n) is 26.8. The SMILES string of the molecule is CCOC(=O)C1=C(C)N=C2CC(c3ccccc3OC)C(C(=O)OCC)C(=O)C2C1c1ccc(OCc2ccccc2)c(OC)c1. The van der Waals surface area contributed by atoms with Crippen molar-refractivity contribution in [3.8, 4) is 17.2 Å². The molecule has 1 heterocycles. The van der Waals surface area contributed by atoms with Crippen LogP contribution < -0.4 is 14.2 Å². The Morgan fingerprint density at radius 1 is 0.826 bits per heavy atom. The second-order valence-electron chi connectivity index (χ2n) is 11.1. The number of fused-ring (bicyclic) bond motifs is 1. The maximum atomic E-state index is 14.7. The quantitative estimate of drug-likeness (QED) is 0.183. The average molecular weight is 626 g/mol. The fourth-order valence-corrected chi connectivity index (χ4v) is 6.51. The van der Waals surface area contributed by atoms with Gasteiger partial charge in [0, 0.05) is 23.2 Å². The lowest BCUT2D eigenvalue weighted by molar-refractivity contribution is -0.153. The van der Waals surface area contributed by atoms with Gasteiger partial charge in [0.15, 0.2) is 17.3 Å². The number of para-hydroxylation sites is 1. The topological polar surface area (TPSA) is 110 Å². The van der Waals surface area contributed by atoms with Gasteiger partial charge in [-0.15, -0.1) is 0 Å². The van der Waals surface area contributed by atoms with Gasteiger partial charge < -0.3 is 23.7 Å². The Labute approximate surface area is 269 Å². The van der Waals surface area contributed by atoms with Gasteiger partial charge in [0.25, 0.3) is 0 Å². The molecule has 1 aliphatic heterocycles. The van der Waals surface area contributed by atoms with E-state index in [4.69, 9.17) is 28.7 Å². The molecule has 3 aromatic rings. The first-order chi connectivity index (χ1) is 22.3. The molecule has 1 aliphatic carbocycles. The average Bonchev–Trinajstić information content (AvgIpc) is 3.07. The van der Waals surface area contributed by atoms with Crippen molar-refractivity contribution in [1.29, 1.82) is 0 Å². The van der Waals surface area contributed by atoms with Crippen LogP contribution in [-0.2, 0) is 30.5 Å². The van der Waals surface area contributed by atoms with Gasteiger partial charge in [-0.05, 0) is 62.1 Å². The molecule has 2 aliphatic rings. The number of ether oxygens (including phenoxy) is 5. The first kappa shape index (κ1) is 32.5. The van der Waals surface area contributed by atoms with Crippen molar-refractivity contribution in [1.82, 2.24) is 0 Å². The van der Waals surface area contributed by atoms with Crippen LogP contribution in [0.1, 0.15) is 55.7 Å². The number of aliphatic imine (C=N–C) groups is 1. The molecule has 5 rings (SSSR count). The fraction of sp³-hybridized carbons (Fsp3) is 0.351. The molecule has 46 heavy (non-hydrogen) atoms. The van der Waals surface area contributed by atoms with Gasteiger partial charge >= 0.3 is 11.9 Å². The number of Topliss-reactive ketones (excluding diaryl/α,β-unsaturated/α-hetero) is 1. The van der Waals surface area contributed by atoms with E-state index in [-0.39, 0.29) is 24.6 Å². The Morgan fingerprint density at radius 2 is 1.52 bits per heavy atom. The smallest absolute Gasteiger partial charge is 0.336 e. The summed E-state index contributed by atoms with van der Waals surface area (Å²) in [5, 5.41) is 0. The van der Waals surface area contributed by atoms with E-state index in [0.717, 1.165) is 5.56 Å². The summed E-state index contributed by atoms with van der Waals surface area (Å²) >= 11 is 0. The van der Waals surface area contributed by atoms with Gasteiger partial charge in [0.2, 0.25) is 0 Å². The number of hydrogen-bond acceptors (Lipinski definition) is 9. The number of methoxy groups -OCH3 is 2. The largest absolute Gasteiger partial charge is 0.496 e. The Bertz CT molecular complexity index is 1660. The third-order valence-electron chi connectivity index (χ3n) is 8.51. The molecule has 240 valence electrons. The molecule has 0 N–H and O–H groups in total. The van der Waals surface area contributed by atoms with Crippen molar-refractivity contribution in [2.45, 2.75) is 45.6 Å². The van der Waals surface area contributed by atoms with Crippen LogP contribution >= 0.6 is 0 Å². The maximum absolute atomic E-state index is 14.7. The third-order valence-corrected chi connectivity index (χ3v) is 8.51. The molecule has 0 saturated heterocycles. The van der Waals surface area contributed by atoms with Gasteiger partial charge in [0.05, 0.1) is 38.9 Å². The highest BCUT2D eigenvalue weighted by Gasteiger charge is 2.53. The fourth-order valence-electron chi connectivity index (χ4n) is 6.51. The predicted octanol–water partition coefficient (Wildman–Crippen LogP) is 6.21. The summed E-state index contributed by atoms with van der Waals surface area (Å²) in [4.78, 5) is 46.6. The molecule has 0 bridgehead atoms. The lowest BCUT2D eigenvalue weighted by Crippen LogP contribution is -2.48. The summed E-state index contributed by atoms with van der Waals surface area (Å²) < 4.78 is 28.4. The van der Waals surface area contributed by atoms with E-state index >= 15 is 0 Å². The summed E-state index contributed by atoms with van der Waals surface area (Å²) in [5.41, 5.74) is 3.65. The number of benzene rings is 3. The first-order valence-corrected chi connectivity index (χ1v) is 15.5. The second-order valence-corrected chi connectivity index (χ2v) is 11.1. The normalized spacial score (nSPS) is 20.7. The molecule has 3 aromatic carbocycles. The Balaban J connectivity index is 1.61. The number of nitrogens with zero attached hydrogens (tertiary/aromatic N) is 1. The molecule has 1 fully saturated rings. The number of allylic oxidation sites excluding steroid dienone is 1. The predicted molar refractivity (Wildman–Crippen MR) is 172 cm³/mol. The molecule has 9 heteroatoms. The molecule has 4 unspecified atom stereocenters. The molecule has 1 saturated carbocycles. The zero-order valence-corrected chi connectivity index (χ0v) is 26.8. The maximum Gasteiger partial charge on any atom is 0.336 e.